The van der Waals surface area contributed by atoms with Crippen LogP contribution in [0.2, 0.25) is 0 Å². The topological polar surface area (TPSA) is 66.6 Å². The number of carbonyl (C=O) groups excluding carboxylic acids is 2. The SMILES string of the molecule is CC(=O)N1CCCC1C(=O)N1CCCCC1C(C)N. The van der Waals surface area contributed by atoms with Gasteiger partial charge in [-0.2, -0.15) is 0 Å². The molecule has 2 heterocycles. The molecule has 0 aliphatic carbocycles. The van der Waals surface area contributed by atoms with Gasteiger partial charge in [0.1, 0.15) is 6.04 Å². The van der Waals surface area contributed by atoms with E-state index in [0.29, 0.717) is 6.54 Å². The fourth-order valence-electron chi connectivity index (χ4n) is 3.37. The molecule has 0 spiro atoms. The van der Waals surface area contributed by atoms with Crippen LogP contribution < -0.4 is 5.73 Å². The molecule has 5 nitrogen and oxygen atoms in total. The van der Waals surface area contributed by atoms with Crippen molar-refractivity contribution < 1.29 is 9.59 Å². The predicted octanol–water partition coefficient (Wildman–Crippen LogP) is 0.726. The zero-order valence-corrected chi connectivity index (χ0v) is 12.0. The summed E-state index contributed by atoms with van der Waals surface area (Å²) in [5.74, 6) is 0.111. The minimum absolute atomic E-state index is 0.00330. The molecule has 2 rings (SSSR count). The first-order chi connectivity index (χ1) is 9.02. The van der Waals surface area contributed by atoms with Crippen LogP contribution >= 0.6 is 0 Å². The van der Waals surface area contributed by atoms with Crippen molar-refractivity contribution in [3.05, 3.63) is 0 Å². The highest BCUT2D eigenvalue weighted by Gasteiger charge is 2.38. The first-order valence-corrected chi connectivity index (χ1v) is 7.35. The Labute approximate surface area is 115 Å². The van der Waals surface area contributed by atoms with Gasteiger partial charge in [0.25, 0.3) is 0 Å². The Morgan fingerprint density at radius 2 is 1.79 bits per heavy atom. The second-order valence-electron chi connectivity index (χ2n) is 5.82. The molecular weight excluding hydrogens is 242 g/mol. The largest absolute Gasteiger partial charge is 0.336 e. The smallest absolute Gasteiger partial charge is 0.245 e. The van der Waals surface area contributed by atoms with Gasteiger partial charge in [0.15, 0.2) is 0 Å². The van der Waals surface area contributed by atoms with E-state index in [2.05, 4.69) is 0 Å². The summed E-state index contributed by atoms with van der Waals surface area (Å²) in [6, 6.07) is -0.121. The quantitative estimate of drug-likeness (QED) is 0.802. The second kappa shape index (κ2) is 5.90. The van der Waals surface area contributed by atoms with Gasteiger partial charge in [-0.25, -0.2) is 0 Å². The Kier molecular flexibility index (Phi) is 4.45. The van der Waals surface area contributed by atoms with E-state index in [0.717, 1.165) is 38.6 Å². The van der Waals surface area contributed by atoms with E-state index < -0.39 is 0 Å². The molecular formula is C14H25N3O2. The van der Waals surface area contributed by atoms with Crippen molar-refractivity contribution in [3.63, 3.8) is 0 Å². The van der Waals surface area contributed by atoms with Crippen LogP contribution in [0, 0.1) is 0 Å². The fraction of sp³-hybridized carbons (Fsp3) is 0.857. The summed E-state index contributed by atoms with van der Waals surface area (Å²) < 4.78 is 0. The average molecular weight is 267 g/mol. The molecule has 2 aliphatic heterocycles. The Bertz CT molecular complexity index is 357. The minimum atomic E-state index is -0.253. The number of rotatable bonds is 2. The molecule has 0 bridgehead atoms. The molecule has 0 aromatic rings. The number of piperidine rings is 1. The van der Waals surface area contributed by atoms with Crippen LogP contribution in [0.15, 0.2) is 0 Å². The van der Waals surface area contributed by atoms with Gasteiger partial charge in [-0.15, -0.1) is 0 Å². The Morgan fingerprint density at radius 1 is 1.11 bits per heavy atom. The van der Waals surface area contributed by atoms with Crippen LogP contribution in [0.1, 0.15) is 46.0 Å². The summed E-state index contributed by atoms with van der Waals surface area (Å²) in [6.45, 7) is 5.01. The number of hydrogen-bond donors (Lipinski definition) is 1. The molecule has 0 saturated carbocycles. The minimum Gasteiger partial charge on any atom is -0.336 e. The summed E-state index contributed by atoms with van der Waals surface area (Å²) in [7, 11) is 0. The van der Waals surface area contributed by atoms with E-state index >= 15 is 0 Å². The lowest BCUT2D eigenvalue weighted by atomic mass is 9.96. The van der Waals surface area contributed by atoms with Gasteiger partial charge in [0.2, 0.25) is 11.8 Å². The Balaban J connectivity index is 2.10. The van der Waals surface area contributed by atoms with E-state index in [9.17, 15) is 9.59 Å². The van der Waals surface area contributed by atoms with Crippen molar-refractivity contribution in [1.82, 2.24) is 9.80 Å². The highest BCUT2D eigenvalue weighted by molar-refractivity contribution is 5.87. The summed E-state index contributed by atoms with van der Waals surface area (Å²) in [5, 5.41) is 0. The van der Waals surface area contributed by atoms with Gasteiger partial charge in [0, 0.05) is 32.1 Å². The maximum atomic E-state index is 12.7. The number of nitrogens with two attached hydrogens (primary N) is 1. The summed E-state index contributed by atoms with van der Waals surface area (Å²) in [6.07, 6.45) is 4.88. The molecule has 5 heteroatoms. The molecule has 2 aliphatic rings. The van der Waals surface area contributed by atoms with Crippen LogP contribution in [0.25, 0.3) is 0 Å². The molecule has 2 amide bonds. The van der Waals surface area contributed by atoms with Gasteiger partial charge >= 0.3 is 0 Å². The first kappa shape index (κ1) is 14.3. The molecule has 0 radical (unpaired) electrons. The van der Waals surface area contributed by atoms with Crippen LogP contribution in [-0.2, 0) is 9.59 Å². The highest BCUT2D eigenvalue weighted by atomic mass is 16.2. The lowest BCUT2D eigenvalue weighted by molar-refractivity contribution is -0.145. The maximum absolute atomic E-state index is 12.7. The van der Waals surface area contributed by atoms with E-state index in [1.54, 1.807) is 11.8 Å². The maximum Gasteiger partial charge on any atom is 0.245 e. The van der Waals surface area contributed by atoms with Crippen LogP contribution in [0.3, 0.4) is 0 Å². The molecule has 0 aromatic heterocycles. The van der Waals surface area contributed by atoms with Crippen LogP contribution in [-0.4, -0.2) is 52.8 Å². The van der Waals surface area contributed by atoms with E-state index in [1.807, 2.05) is 11.8 Å². The van der Waals surface area contributed by atoms with Gasteiger partial charge in [-0.1, -0.05) is 0 Å². The zero-order valence-electron chi connectivity index (χ0n) is 12.0. The molecule has 3 unspecified atom stereocenters. The second-order valence-corrected chi connectivity index (χ2v) is 5.82. The number of amides is 2. The van der Waals surface area contributed by atoms with Crippen molar-refractivity contribution in [3.8, 4) is 0 Å². The van der Waals surface area contributed by atoms with Crippen molar-refractivity contribution in [1.29, 1.82) is 0 Å². The summed E-state index contributed by atoms with van der Waals surface area (Å²) >= 11 is 0. The molecule has 2 N–H and O–H groups in total. The number of hydrogen-bond acceptors (Lipinski definition) is 3. The third kappa shape index (κ3) is 2.91. The molecule has 19 heavy (non-hydrogen) atoms. The van der Waals surface area contributed by atoms with Crippen molar-refractivity contribution in [2.24, 2.45) is 5.73 Å². The van der Waals surface area contributed by atoms with Gasteiger partial charge in [-0.05, 0) is 39.0 Å². The van der Waals surface area contributed by atoms with Crippen molar-refractivity contribution >= 4 is 11.8 Å². The molecule has 3 atom stereocenters. The molecule has 2 saturated heterocycles. The molecule has 0 aromatic carbocycles. The number of likely N-dealkylation sites (tertiary alicyclic amines) is 2. The molecule has 108 valence electrons. The van der Waals surface area contributed by atoms with Gasteiger partial charge in [-0.3, -0.25) is 9.59 Å². The first-order valence-electron chi connectivity index (χ1n) is 7.35. The lowest BCUT2D eigenvalue weighted by Crippen LogP contribution is -2.56. The van der Waals surface area contributed by atoms with Crippen LogP contribution in [0.4, 0.5) is 0 Å². The normalized spacial score (nSPS) is 29.4. The van der Waals surface area contributed by atoms with Gasteiger partial charge < -0.3 is 15.5 Å². The summed E-state index contributed by atoms with van der Waals surface area (Å²) in [4.78, 5) is 27.9. The zero-order chi connectivity index (χ0) is 14.0. The number of nitrogens with zero attached hydrogens (tertiary/aromatic N) is 2. The van der Waals surface area contributed by atoms with E-state index in [-0.39, 0.29) is 29.9 Å². The predicted molar refractivity (Wildman–Crippen MR) is 73.4 cm³/mol. The summed E-state index contributed by atoms with van der Waals surface area (Å²) in [5.41, 5.74) is 6.01. The van der Waals surface area contributed by atoms with Crippen LogP contribution in [0.5, 0.6) is 0 Å². The van der Waals surface area contributed by atoms with Crippen molar-refractivity contribution in [2.45, 2.75) is 64.1 Å². The third-order valence-electron chi connectivity index (χ3n) is 4.38. The Hall–Kier alpha value is -1.10. The standard InChI is InChI=1S/C14H25N3O2/c1-10(15)12-6-3-4-8-17(12)14(19)13-7-5-9-16(13)11(2)18/h10,12-13H,3-9,15H2,1-2H3. The average Bonchev–Trinajstić information content (AvgIpc) is 2.87. The monoisotopic (exact) mass is 267 g/mol. The van der Waals surface area contributed by atoms with Gasteiger partial charge in [0.05, 0.1) is 0 Å². The number of carbonyl (C=O) groups is 2. The third-order valence-corrected chi connectivity index (χ3v) is 4.38. The Morgan fingerprint density at radius 3 is 2.42 bits per heavy atom. The fourth-order valence-corrected chi connectivity index (χ4v) is 3.37. The molecule has 2 fully saturated rings. The van der Waals surface area contributed by atoms with E-state index in [4.69, 9.17) is 5.73 Å². The van der Waals surface area contributed by atoms with E-state index in [1.165, 1.54) is 0 Å². The van der Waals surface area contributed by atoms with Crippen molar-refractivity contribution in [2.75, 3.05) is 13.1 Å². The lowest BCUT2D eigenvalue weighted by Gasteiger charge is -2.40. The highest BCUT2D eigenvalue weighted by Crippen LogP contribution is 2.25.